The Morgan fingerprint density at radius 1 is 1.28 bits per heavy atom. The number of hydrogen-bond acceptors (Lipinski definition) is 7. The van der Waals surface area contributed by atoms with Crippen molar-refractivity contribution in [3.8, 4) is 11.5 Å². The number of aryl methyl sites for hydroxylation is 2. The summed E-state index contributed by atoms with van der Waals surface area (Å²) in [6.45, 7) is 4.79. The fourth-order valence-electron chi connectivity index (χ4n) is 3.62. The Bertz CT molecular complexity index is 994. The number of ether oxygens (including phenoxy) is 3. The Morgan fingerprint density at radius 2 is 2.03 bits per heavy atom. The molecule has 1 amide bonds. The Morgan fingerprint density at radius 3 is 2.66 bits per heavy atom. The molecule has 1 aromatic carbocycles. The van der Waals surface area contributed by atoms with Crippen LogP contribution in [0.2, 0.25) is 0 Å². The summed E-state index contributed by atoms with van der Waals surface area (Å²) < 4.78 is 23.2. The fraction of sp³-hybridized carbons (Fsp3) is 0.429. The van der Waals surface area contributed by atoms with Crippen LogP contribution in [0.25, 0.3) is 10.2 Å². The van der Waals surface area contributed by atoms with Crippen molar-refractivity contribution in [1.82, 2.24) is 4.98 Å². The van der Waals surface area contributed by atoms with E-state index in [0.717, 1.165) is 24.1 Å². The molecular formula is C21H24N2O5S. The van der Waals surface area contributed by atoms with E-state index in [-0.39, 0.29) is 12.0 Å². The van der Waals surface area contributed by atoms with E-state index in [1.807, 2.05) is 19.1 Å². The molecule has 29 heavy (non-hydrogen) atoms. The van der Waals surface area contributed by atoms with Gasteiger partial charge in [0.25, 0.3) is 5.91 Å². The number of carbonyl (C=O) groups excluding carboxylic acids is 1. The van der Waals surface area contributed by atoms with E-state index in [9.17, 15) is 4.79 Å². The van der Waals surface area contributed by atoms with Gasteiger partial charge in [0.2, 0.25) is 0 Å². The number of amides is 1. The Kier molecular flexibility index (Phi) is 5.47. The molecule has 2 aromatic heterocycles. The number of anilines is 1. The van der Waals surface area contributed by atoms with Crippen molar-refractivity contribution in [1.29, 1.82) is 0 Å². The lowest BCUT2D eigenvalue weighted by molar-refractivity contribution is 0.0916. The Balaban J connectivity index is 1.80. The lowest BCUT2D eigenvalue weighted by Crippen LogP contribution is -2.37. The van der Waals surface area contributed by atoms with Crippen LogP contribution in [0.3, 0.4) is 0 Å². The maximum absolute atomic E-state index is 13.5. The molecule has 1 aliphatic rings. The van der Waals surface area contributed by atoms with Crippen LogP contribution in [0, 0.1) is 13.8 Å². The van der Waals surface area contributed by atoms with Crippen molar-refractivity contribution >= 4 is 32.6 Å². The van der Waals surface area contributed by atoms with Crippen LogP contribution >= 0.6 is 11.3 Å². The molecule has 3 aromatic rings. The molecule has 1 saturated heterocycles. The number of rotatable bonds is 6. The normalized spacial score (nSPS) is 16.3. The van der Waals surface area contributed by atoms with E-state index in [4.69, 9.17) is 23.6 Å². The molecule has 1 aliphatic heterocycles. The van der Waals surface area contributed by atoms with Gasteiger partial charge in [-0.05, 0) is 44.9 Å². The highest BCUT2D eigenvalue weighted by molar-refractivity contribution is 7.22. The largest absolute Gasteiger partial charge is 0.495 e. The van der Waals surface area contributed by atoms with Crippen molar-refractivity contribution in [3.05, 3.63) is 35.3 Å². The molecule has 7 nitrogen and oxygen atoms in total. The van der Waals surface area contributed by atoms with Crippen molar-refractivity contribution in [3.63, 3.8) is 0 Å². The van der Waals surface area contributed by atoms with E-state index in [1.165, 1.54) is 11.3 Å². The van der Waals surface area contributed by atoms with E-state index >= 15 is 0 Å². The van der Waals surface area contributed by atoms with Gasteiger partial charge in [-0.25, -0.2) is 4.98 Å². The van der Waals surface area contributed by atoms with Crippen molar-refractivity contribution in [2.75, 3.05) is 32.3 Å². The number of carbonyl (C=O) groups is 1. The summed E-state index contributed by atoms with van der Waals surface area (Å²) in [4.78, 5) is 19.9. The van der Waals surface area contributed by atoms with Crippen LogP contribution < -0.4 is 14.4 Å². The number of benzene rings is 1. The summed E-state index contributed by atoms with van der Waals surface area (Å²) in [5.41, 5.74) is 1.22. The van der Waals surface area contributed by atoms with Gasteiger partial charge >= 0.3 is 0 Å². The quantitative estimate of drug-likeness (QED) is 0.595. The lowest BCUT2D eigenvalue weighted by atomic mass is 10.2. The molecule has 0 saturated carbocycles. The minimum absolute atomic E-state index is 0.0111. The number of furan rings is 1. The average Bonchev–Trinajstić information content (AvgIpc) is 3.44. The number of hydrogen-bond donors (Lipinski definition) is 0. The first-order valence-electron chi connectivity index (χ1n) is 9.53. The predicted octanol–water partition coefficient (Wildman–Crippen LogP) is 4.35. The second kappa shape index (κ2) is 8.04. The van der Waals surface area contributed by atoms with Gasteiger partial charge in [-0.1, -0.05) is 11.3 Å². The summed E-state index contributed by atoms with van der Waals surface area (Å²) in [6, 6.07) is 5.44. The zero-order chi connectivity index (χ0) is 20.5. The number of aromatic nitrogens is 1. The first kappa shape index (κ1) is 19.7. The Labute approximate surface area is 173 Å². The third-order valence-electron chi connectivity index (χ3n) is 5.06. The maximum Gasteiger partial charge on any atom is 0.263 e. The molecule has 0 aliphatic carbocycles. The monoisotopic (exact) mass is 416 g/mol. The lowest BCUT2D eigenvalue weighted by Gasteiger charge is -2.22. The zero-order valence-corrected chi connectivity index (χ0v) is 17.8. The minimum Gasteiger partial charge on any atom is -0.495 e. The van der Waals surface area contributed by atoms with Crippen molar-refractivity contribution in [2.24, 2.45) is 0 Å². The summed E-state index contributed by atoms with van der Waals surface area (Å²) in [5.74, 6) is 2.50. The number of methoxy groups -OCH3 is 2. The van der Waals surface area contributed by atoms with Crippen molar-refractivity contribution < 1.29 is 23.4 Å². The standard InChI is InChI=1S/C21H24N2O5S/c1-12-10-15(13(2)28-12)20(24)23(11-14-6-5-9-27-14)21-22-18-16(25-3)7-8-17(26-4)19(18)29-21/h7-8,10,14H,5-6,9,11H2,1-4H3/t14-/m0/s1. The van der Waals surface area contributed by atoms with E-state index < -0.39 is 0 Å². The molecule has 0 N–H and O–H groups in total. The van der Waals surface area contributed by atoms with Gasteiger partial charge in [0.05, 0.1) is 32.4 Å². The van der Waals surface area contributed by atoms with Crippen LogP contribution in [0.15, 0.2) is 22.6 Å². The molecule has 0 radical (unpaired) electrons. The van der Waals surface area contributed by atoms with E-state index in [1.54, 1.807) is 32.1 Å². The van der Waals surface area contributed by atoms with Gasteiger partial charge in [-0.15, -0.1) is 0 Å². The molecule has 0 spiro atoms. The number of thiazole rings is 1. The molecule has 1 fully saturated rings. The molecular weight excluding hydrogens is 392 g/mol. The zero-order valence-electron chi connectivity index (χ0n) is 17.0. The number of nitrogens with zero attached hydrogens (tertiary/aromatic N) is 2. The third kappa shape index (κ3) is 3.70. The maximum atomic E-state index is 13.5. The molecule has 0 unspecified atom stereocenters. The van der Waals surface area contributed by atoms with Gasteiger partial charge in [-0.3, -0.25) is 9.69 Å². The van der Waals surface area contributed by atoms with Crippen LogP contribution in [0.5, 0.6) is 11.5 Å². The molecule has 8 heteroatoms. The summed E-state index contributed by atoms with van der Waals surface area (Å²) in [5, 5.41) is 0.585. The van der Waals surface area contributed by atoms with Crippen LogP contribution in [-0.4, -0.2) is 44.4 Å². The summed E-state index contributed by atoms with van der Waals surface area (Å²) in [7, 11) is 3.22. The first-order valence-corrected chi connectivity index (χ1v) is 10.4. The van der Waals surface area contributed by atoms with E-state index in [2.05, 4.69) is 0 Å². The molecule has 154 valence electrons. The smallest absolute Gasteiger partial charge is 0.263 e. The summed E-state index contributed by atoms with van der Waals surface area (Å²) in [6.07, 6.45) is 1.91. The molecule has 4 rings (SSSR count). The molecule has 1 atom stereocenters. The SMILES string of the molecule is COc1ccc(OC)c2sc(N(C[C@@H]3CCCO3)C(=O)c3cc(C)oc3C)nc12. The first-order chi connectivity index (χ1) is 14.0. The van der Waals surface area contributed by atoms with Crippen molar-refractivity contribution in [2.45, 2.75) is 32.8 Å². The minimum atomic E-state index is -0.146. The van der Waals surface area contributed by atoms with Gasteiger partial charge < -0.3 is 18.6 Å². The second-order valence-corrected chi connectivity index (χ2v) is 8.00. The van der Waals surface area contributed by atoms with Gasteiger partial charge in [0, 0.05) is 6.61 Å². The highest BCUT2D eigenvalue weighted by Gasteiger charge is 2.29. The predicted molar refractivity (Wildman–Crippen MR) is 112 cm³/mol. The summed E-state index contributed by atoms with van der Waals surface area (Å²) >= 11 is 1.41. The van der Waals surface area contributed by atoms with Gasteiger partial charge in [0.15, 0.2) is 5.13 Å². The molecule has 3 heterocycles. The second-order valence-electron chi connectivity index (χ2n) is 7.02. The highest BCUT2D eigenvalue weighted by atomic mass is 32.1. The van der Waals surface area contributed by atoms with Gasteiger partial charge in [-0.2, -0.15) is 0 Å². The Hall–Kier alpha value is -2.58. The van der Waals surface area contributed by atoms with E-state index in [0.29, 0.717) is 45.8 Å². The third-order valence-corrected chi connectivity index (χ3v) is 6.15. The highest BCUT2D eigenvalue weighted by Crippen LogP contribution is 2.40. The number of fused-ring (bicyclic) bond motifs is 1. The van der Waals surface area contributed by atoms with Crippen LogP contribution in [-0.2, 0) is 4.74 Å². The topological polar surface area (TPSA) is 74.0 Å². The fourth-order valence-corrected chi connectivity index (χ4v) is 4.70. The van der Waals surface area contributed by atoms with Crippen LogP contribution in [0.4, 0.5) is 5.13 Å². The van der Waals surface area contributed by atoms with Gasteiger partial charge in [0.1, 0.15) is 33.2 Å². The average molecular weight is 416 g/mol. The molecule has 0 bridgehead atoms. The van der Waals surface area contributed by atoms with Crippen LogP contribution in [0.1, 0.15) is 34.7 Å².